The fourth-order valence-corrected chi connectivity index (χ4v) is 2.67. The number of benzene rings is 1. The molecule has 2 atom stereocenters. The zero-order valence-corrected chi connectivity index (χ0v) is 11.3. The molecule has 1 N–H and O–H groups in total. The van der Waals surface area contributed by atoms with Crippen LogP contribution in [0.3, 0.4) is 0 Å². The van der Waals surface area contributed by atoms with Gasteiger partial charge in [0, 0.05) is 18.9 Å². The van der Waals surface area contributed by atoms with Gasteiger partial charge in [0.05, 0.1) is 25.5 Å². The van der Waals surface area contributed by atoms with Crippen molar-refractivity contribution in [2.45, 2.75) is 18.6 Å². The summed E-state index contributed by atoms with van der Waals surface area (Å²) in [5.74, 6) is 1.61. The van der Waals surface area contributed by atoms with Crippen molar-refractivity contribution in [3.63, 3.8) is 0 Å². The van der Waals surface area contributed by atoms with E-state index in [1.807, 2.05) is 18.2 Å². The minimum atomic E-state index is -0.354. The van der Waals surface area contributed by atoms with E-state index in [4.69, 9.17) is 4.74 Å². The van der Waals surface area contributed by atoms with Crippen molar-refractivity contribution >= 4 is 5.82 Å². The molecule has 5 nitrogen and oxygen atoms in total. The molecule has 0 amide bonds. The molecule has 3 rings (SSSR count). The van der Waals surface area contributed by atoms with Gasteiger partial charge in [0.2, 0.25) is 0 Å². The maximum atomic E-state index is 10.00. The van der Waals surface area contributed by atoms with E-state index in [2.05, 4.69) is 20.9 Å². The van der Waals surface area contributed by atoms with Crippen LogP contribution >= 0.6 is 0 Å². The van der Waals surface area contributed by atoms with E-state index in [0.717, 1.165) is 17.1 Å². The van der Waals surface area contributed by atoms with Gasteiger partial charge >= 0.3 is 0 Å². The zero-order valence-electron chi connectivity index (χ0n) is 11.3. The quantitative estimate of drug-likeness (QED) is 0.922. The first-order chi connectivity index (χ1) is 9.78. The highest BCUT2D eigenvalue weighted by atomic mass is 16.5. The summed E-state index contributed by atoms with van der Waals surface area (Å²) in [5, 5.41) is 10.00. The number of β-amino-alcohol motifs (C(OH)–C–C–N with tert-alkyl or cyclic N) is 1. The molecule has 1 aromatic carbocycles. The minimum absolute atomic E-state index is 0.0943. The van der Waals surface area contributed by atoms with E-state index in [1.54, 1.807) is 25.7 Å². The standard InChI is InChI=1S/C15H17N3O2/c1-20-13-4-2-3-11(7-13)14-8-12(19)10-18(14)15-9-16-5-6-17-15/h2-7,9,12,14,19H,8,10H2,1H3/t12-,14-/m1/s1. The monoisotopic (exact) mass is 271 g/mol. The van der Waals surface area contributed by atoms with E-state index in [1.165, 1.54) is 0 Å². The van der Waals surface area contributed by atoms with Gasteiger partial charge in [-0.2, -0.15) is 0 Å². The van der Waals surface area contributed by atoms with E-state index in [0.29, 0.717) is 13.0 Å². The molecule has 1 fully saturated rings. The number of aliphatic hydroxyl groups is 1. The Kier molecular flexibility index (Phi) is 3.52. The number of aromatic nitrogens is 2. The summed E-state index contributed by atoms with van der Waals surface area (Å²) >= 11 is 0. The Hall–Kier alpha value is -2.14. The third-order valence-electron chi connectivity index (χ3n) is 3.60. The molecule has 20 heavy (non-hydrogen) atoms. The highest BCUT2D eigenvalue weighted by molar-refractivity contribution is 5.44. The Morgan fingerprint density at radius 3 is 3.00 bits per heavy atom. The highest BCUT2D eigenvalue weighted by Gasteiger charge is 2.33. The predicted molar refractivity (Wildman–Crippen MR) is 75.7 cm³/mol. The number of nitrogens with zero attached hydrogens (tertiary/aromatic N) is 3. The van der Waals surface area contributed by atoms with Gasteiger partial charge in [0.15, 0.2) is 0 Å². The maximum absolute atomic E-state index is 10.00. The molecule has 0 radical (unpaired) electrons. The van der Waals surface area contributed by atoms with Crippen LogP contribution in [0, 0.1) is 0 Å². The average Bonchev–Trinajstić information content (AvgIpc) is 2.90. The SMILES string of the molecule is COc1cccc([C@H]2C[C@@H](O)CN2c2cnccn2)c1. The van der Waals surface area contributed by atoms with Crippen molar-refractivity contribution in [1.82, 2.24) is 9.97 Å². The molecule has 1 aliphatic rings. The van der Waals surface area contributed by atoms with Crippen LogP contribution in [0.1, 0.15) is 18.0 Å². The first-order valence-electron chi connectivity index (χ1n) is 6.62. The molecular formula is C15H17N3O2. The molecule has 1 aliphatic heterocycles. The van der Waals surface area contributed by atoms with Crippen LogP contribution in [-0.2, 0) is 0 Å². The lowest BCUT2D eigenvalue weighted by Crippen LogP contribution is -2.25. The van der Waals surface area contributed by atoms with Crippen LogP contribution in [0.2, 0.25) is 0 Å². The van der Waals surface area contributed by atoms with Gasteiger partial charge in [-0.1, -0.05) is 12.1 Å². The lowest BCUT2D eigenvalue weighted by molar-refractivity contribution is 0.194. The number of ether oxygens (including phenoxy) is 1. The number of hydrogen-bond donors (Lipinski definition) is 1. The largest absolute Gasteiger partial charge is 0.497 e. The normalized spacial score (nSPS) is 22.0. The molecule has 1 aromatic heterocycles. The first kappa shape index (κ1) is 12.9. The predicted octanol–water partition coefficient (Wildman–Crippen LogP) is 1.80. The van der Waals surface area contributed by atoms with Crippen LogP contribution in [0.25, 0.3) is 0 Å². The zero-order chi connectivity index (χ0) is 13.9. The number of rotatable bonds is 3. The lowest BCUT2D eigenvalue weighted by Gasteiger charge is -2.25. The number of hydrogen-bond acceptors (Lipinski definition) is 5. The van der Waals surface area contributed by atoms with Crippen LogP contribution in [-0.4, -0.2) is 34.8 Å². The molecule has 2 aromatic rings. The molecule has 0 bridgehead atoms. The highest BCUT2D eigenvalue weighted by Crippen LogP contribution is 2.36. The summed E-state index contributed by atoms with van der Waals surface area (Å²) in [7, 11) is 1.66. The van der Waals surface area contributed by atoms with Gasteiger partial charge in [-0.25, -0.2) is 4.98 Å². The van der Waals surface area contributed by atoms with Gasteiger partial charge in [0.1, 0.15) is 11.6 Å². The third kappa shape index (κ3) is 2.44. The summed E-state index contributed by atoms with van der Waals surface area (Å²) < 4.78 is 5.27. The van der Waals surface area contributed by atoms with Crippen molar-refractivity contribution in [1.29, 1.82) is 0 Å². The second-order valence-corrected chi connectivity index (χ2v) is 4.90. The summed E-state index contributed by atoms with van der Waals surface area (Å²) in [6.07, 6.45) is 5.38. The van der Waals surface area contributed by atoms with Crippen molar-refractivity contribution < 1.29 is 9.84 Å². The van der Waals surface area contributed by atoms with Crippen molar-refractivity contribution in [3.05, 3.63) is 48.4 Å². The molecule has 0 spiro atoms. The smallest absolute Gasteiger partial charge is 0.147 e. The molecule has 0 saturated carbocycles. The van der Waals surface area contributed by atoms with Gasteiger partial charge in [0.25, 0.3) is 0 Å². The minimum Gasteiger partial charge on any atom is -0.497 e. The lowest BCUT2D eigenvalue weighted by atomic mass is 10.0. The topological polar surface area (TPSA) is 58.5 Å². The number of anilines is 1. The van der Waals surface area contributed by atoms with Gasteiger partial charge in [-0.3, -0.25) is 4.98 Å². The van der Waals surface area contributed by atoms with Crippen molar-refractivity contribution in [3.8, 4) is 5.75 Å². The van der Waals surface area contributed by atoms with Crippen LogP contribution < -0.4 is 9.64 Å². The molecule has 5 heteroatoms. The second kappa shape index (κ2) is 5.46. The maximum Gasteiger partial charge on any atom is 0.147 e. The van der Waals surface area contributed by atoms with E-state index in [-0.39, 0.29) is 12.1 Å². The van der Waals surface area contributed by atoms with Crippen LogP contribution in [0.5, 0.6) is 5.75 Å². The van der Waals surface area contributed by atoms with Crippen molar-refractivity contribution in [2.24, 2.45) is 0 Å². The van der Waals surface area contributed by atoms with Crippen LogP contribution in [0.15, 0.2) is 42.9 Å². The molecule has 104 valence electrons. The Bertz CT molecular complexity index is 576. The molecule has 0 unspecified atom stereocenters. The Labute approximate surface area is 117 Å². The Balaban J connectivity index is 1.94. The van der Waals surface area contributed by atoms with E-state index in [9.17, 15) is 5.11 Å². The summed E-state index contributed by atoms with van der Waals surface area (Å²) in [5.41, 5.74) is 1.12. The fraction of sp³-hybridized carbons (Fsp3) is 0.333. The third-order valence-corrected chi connectivity index (χ3v) is 3.60. The van der Waals surface area contributed by atoms with Gasteiger partial charge in [-0.15, -0.1) is 0 Å². The second-order valence-electron chi connectivity index (χ2n) is 4.90. The molecule has 2 heterocycles. The molecule has 1 saturated heterocycles. The Morgan fingerprint density at radius 2 is 2.25 bits per heavy atom. The molecule has 0 aliphatic carbocycles. The summed E-state index contributed by atoms with van der Waals surface area (Å²) in [6, 6.07) is 8.03. The van der Waals surface area contributed by atoms with E-state index >= 15 is 0 Å². The molecular weight excluding hydrogens is 254 g/mol. The Morgan fingerprint density at radius 1 is 1.35 bits per heavy atom. The van der Waals surface area contributed by atoms with Gasteiger partial charge in [-0.05, 0) is 24.1 Å². The first-order valence-corrected chi connectivity index (χ1v) is 6.62. The van der Waals surface area contributed by atoms with Crippen molar-refractivity contribution in [2.75, 3.05) is 18.6 Å². The summed E-state index contributed by atoms with van der Waals surface area (Å²) in [4.78, 5) is 10.5. The number of methoxy groups -OCH3 is 1. The average molecular weight is 271 g/mol. The summed E-state index contributed by atoms with van der Waals surface area (Å²) in [6.45, 7) is 0.570. The van der Waals surface area contributed by atoms with Gasteiger partial charge < -0.3 is 14.7 Å². The number of aliphatic hydroxyl groups excluding tert-OH is 1. The fourth-order valence-electron chi connectivity index (χ4n) is 2.67. The van der Waals surface area contributed by atoms with Crippen LogP contribution in [0.4, 0.5) is 5.82 Å². The van der Waals surface area contributed by atoms with E-state index < -0.39 is 0 Å².